The standard InChI is InChI=1S/C20H22Cl2N2O4S/c1-12(2)10-18(20(26)23-15-7-4-6-14(11-15)13(3)25)24-29(27,28)19-16(21)8-5-9-17(19)22/h4-9,11-12,18,24H,10H2,1-3H3,(H,23,26). The molecular formula is C20H22Cl2N2O4S. The van der Waals surface area contributed by atoms with Gasteiger partial charge in [0.1, 0.15) is 10.9 Å². The third-order valence-corrected chi connectivity index (χ3v) is 6.47. The van der Waals surface area contributed by atoms with E-state index in [0.717, 1.165) is 0 Å². The van der Waals surface area contributed by atoms with Crippen LogP contribution in [0, 0.1) is 5.92 Å². The number of nitrogens with one attached hydrogen (secondary N) is 2. The molecule has 0 saturated carbocycles. The fourth-order valence-corrected chi connectivity index (χ4v) is 5.06. The third-order valence-electron chi connectivity index (χ3n) is 4.05. The second kappa shape index (κ2) is 9.71. The Labute approximate surface area is 180 Å². The number of hydrogen-bond donors (Lipinski definition) is 2. The van der Waals surface area contributed by atoms with Crippen molar-refractivity contribution in [2.24, 2.45) is 5.92 Å². The zero-order chi connectivity index (χ0) is 21.8. The van der Waals surface area contributed by atoms with Gasteiger partial charge in [-0.1, -0.05) is 55.2 Å². The highest BCUT2D eigenvalue weighted by atomic mass is 35.5. The van der Waals surface area contributed by atoms with E-state index >= 15 is 0 Å². The zero-order valence-corrected chi connectivity index (χ0v) is 18.5. The number of benzene rings is 2. The molecule has 2 N–H and O–H groups in total. The number of Topliss-reactive ketones (excluding diaryl/α,β-unsaturated/α-hetero) is 1. The first-order chi connectivity index (χ1) is 13.5. The topological polar surface area (TPSA) is 92.3 Å². The van der Waals surface area contributed by atoms with Gasteiger partial charge in [0.25, 0.3) is 0 Å². The summed E-state index contributed by atoms with van der Waals surface area (Å²) in [6.45, 7) is 5.16. The van der Waals surface area contributed by atoms with Crippen LogP contribution in [0.1, 0.15) is 37.6 Å². The summed E-state index contributed by atoms with van der Waals surface area (Å²) in [6, 6.07) is 9.71. The number of rotatable bonds is 8. The molecule has 0 radical (unpaired) electrons. The molecule has 0 bridgehead atoms. The van der Waals surface area contributed by atoms with Crippen LogP contribution in [0.4, 0.5) is 5.69 Å². The van der Waals surface area contributed by atoms with Crippen LogP contribution in [0.15, 0.2) is 47.4 Å². The molecule has 1 amide bonds. The number of amides is 1. The number of sulfonamides is 1. The number of hydrogen-bond acceptors (Lipinski definition) is 4. The van der Waals surface area contributed by atoms with E-state index in [2.05, 4.69) is 10.0 Å². The SMILES string of the molecule is CC(=O)c1cccc(NC(=O)C(CC(C)C)NS(=O)(=O)c2c(Cl)cccc2Cl)c1. The Kier molecular flexibility index (Phi) is 7.82. The summed E-state index contributed by atoms with van der Waals surface area (Å²) in [5.41, 5.74) is 0.832. The van der Waals surface area contributed by atoms with Gasteiger partial charge in [-0.25, -0.2) is 8.42 Å². The maximum Gasteiger partial charge on any atom is 0.244 e. The van der Waals surface area contributed by atoms with Gasteiger partial charge in [0.15, 0.2) is 5.78 Å². The number of halogens is 2. The van der Waals surface area contributed by atoms with E-state index in [4.69, 9.17) is 23.2 Å². The molecule has 2 aromatic rings. The molecule has 0 aliphatic heterocycles. The molecule has 0 aliphatic carbocycles. The first-order valence-electron chi connectivity index (χ1n) is 8.89. The highest BCUT2D eigenvalue weighted by molar-refractivity contribution is 7.89. The minimum atomic E-state index is -4.15. The Morgan fingerprint density at radius 2 is 1.62 bits per heavy atom. The second-order valence-electron chi connectivity index (χ2n) is 6.98. The summed E-state index contributed by atoms with van der Waals surface area (Å²) in [6.07, 6.45) is 0.250. The van der Waals surface area contributed by atoms with Crippen LogP contribution in [0.25, 0.3) is 0 Å². The Hall–Kier alpha value is -1.93. The summed E-state index contributed by atoms with van der Waals surface area (Å²) < 4.78 is 28.1. The minimum Gasteiger partial charge on any atom is -0.325 e. The molecule has 0 aromatic heterocycles. The smallest absolute Gasteiger partial charge is 0.244 e. The van der Waals surface area contributed by atoms with Gasteiger partial charge in [-0.05, 0) is 43.5 Å². The predicted octanol–water partition coefficient (Wildman–Crippen LogP) is 4.53. The first-order valence-corrected chi connectivity index (χ1v) is 11.1. The van der Waals surface area contributed by atoms with Crippen LogP contribution in [0.2, 0.25) is 10.0 Å². The van der Waals surface area contributed by atoms with Crippen LogP contribution in [-0.4, -0.2) is 26.2 Å². The van der Waals surface area contributed by atoms with Gasteiger partial charge in [0.05, 0.1) is 10.0 Å². The Bertz CT molecular complexity index is 1000. The number of carbonyl (C=O) groups excluding carboxylic acids is 2. The molecule has 6 nitrogen and oxygen atoms in total. The van der Waals surface area contributed by atoms with Crippen molar-refractivity contribution < 1.29 is 18.0 Å². The first kappa shape index (κ1) is 23.3. The van der Waals surface area contributed by atoms with Gasteiger partial charge in [-0.2, -0.15) is 4.72 Å². The van der Waals surface area contributed by atoms with E-state index in [1.54, 1.807) is 18.2 Å². The fourth-order valence-electron chi connectivity index (χ4n) is 2.71. The maximum atomic E-state index is 12.9. The zero-order valence-electron chi connectivity index (χ0n) is 16.2. The lowest BCUT2D eigenvalue weighted by Crippen LogP contribution is -2.44. The Balaban J connectivity index is 2.30. The summed E-state index contributed by atoms with van der Waals surface area (Å²) >= 11 is 12.0. The Morgan fingerprint density at radius 3 is 2.17 bits per heavy atom. The molecule has 9 heteroatoms. The van der Waals surface area contributed by atoms with E-state index in [0.29, 0.717) is 11.3 Å². The monoisotopic (exact) mass is 456 g/mol. The van der Waals surface area contributed by atoms with Crippen LogP contribution in [-0.2, 0) is 14.8 Å². The van der Waals surface area contributed by atoms with E-state index in [1.807, 2.05) is 13.8 Å². The van der Waals surface area contributed by atoms with Crippen LogP contribution in [0.3, 0.4) is 0 Å². The lowest BCUT2D eigenvalue weighted by Gasteiger charge is -2.21. The van der Waals surface area contributed by atoms with Gasteiger partial charge in [0, 0.05) is 11.3 Å². The number of ketones is 1. The van der Waals surface area contributed by atoms with E-state index < -0.39 is 22.0 Å². The average molecular weight is 457 g/mol. The van der Waals surface area contributed by atoms with Gasteiger partial charge in [-0.3, -0.25) is 9.59 Å². The van der Waals surface area contributed by atoms with Crippen molar-refractivity contribution in [1.82, 2.24) is 4.72 Å². The van der Waals surface area contributed by atoms with Crippen molar-refractivity contribution >= 4 is 50.6 Å². The lowest BCUT2D eigenvalue weighted by atomic mass is 10.0. The highest BCUT2D eigenvalue weighted by Crippen LogP contribution is 2.29. The van der Waals surface area contributed by atoms with Gasteiger partial charge < -0.3 is 5.32 Å². The van der Waals surface area contributed by atoms with Gasteiger partial charge in [-0.15, -0.1) is 0 Å². The largest absolute Gasteiger partial charge is 0.325 e. The van der Waals surface area contributed by atoms with Crippen molar-refractivity contribution in [2.75, 3.05) is 5.32 Å². The molecule has 2 aromatic carbocycles. The molecule has 29 heavy (non-hydrogen) atoms. The molecule has 1 unspecified atom stereocenters. The molecule has 156 valence electrons. The summed E-state index contributed by atoms with van der Waals surface area (Å²) in [7, 11) is -4.15. The quantitative estimate of drug-likeness (QED) is 0.570. The predicted molar refractivity (Wildman–Crippen MR) is 115 cm³/mol. The minimum absolute atomic E-state index is 0.0266. The molecule has 0 spiro atoms. The third kappa shape index (κ3) is 6.27. The van der Waals surface area contributed by atoms with Gasteiger partial charge >= 0.3 is 0 Å². The van der Waals surface area contributed by atoms with Crippen LogP contribution < -0.4 is 10.0 Å². The Morgan fingerprint density at radius 1 is 1.03 bits per heavy atom. The molecule has 0 heterocycles. The van der Waals surface area contributed by atoms with Crippen molar-refractivity contribution in [2.45, 2.75) is 38.1 Å². The summed E-state index contributed by atoms with van der Waals surface area (Å²) in [5.74, 6) is -0.668. The van der Waals surface area contributed by atoms with Crippen molar-refractivity contribution in [3.8, 4) is 0 Å². The number of anilines is 1. The second-order valence-corrected chi connectivity index (χ2v) is 9.45. The van der Waals surface area contributed by atoms with Crippen molar-refractivity contribution in [1.29, 1.82) is 0 Å². The van der Waals surface area contributed by atoms with E-state index in [-0.39, 0.29) is 33.1 Å². The molecule has 1 atom stereocenters. The molecule has 2 rings (SSSR count). The maximum absolute atomic E-state index is 12.9. The normalized spacial score (nSPS) is 12.6. The summed E-state index contributed by atoms with van der Waals surface area (Å²) in [5, 5.41) is 2.58. The van der Waals surface area contributed by atoms with Crippen LogP contribution >= 0.6 is 23.2 Å². The lowest BCUT2D eigenvalue weighted by molar-refractivity contribution is -0.118. The van der Waals surface area contributed by atoms with Crippen molar-refractivity contribution in [3.05, 3.63) is 58.1 Å². The van der Waals surface area contributed by atoms with Gasteiger partial charge in [0.2, 0.25) is 15.9 Å². The van der Waals surface area contributed by atoms with Crippen LogP contribution in [0.5, 0.6) is 0 Å². The molecule has 0 aliphatic rings. The average Bonchev–Trinajstić information content (AvgIpc) is 2.60. The molecular weight excluding hydrogens is 435 g/mol. The molecule has 0 fully saturated rings. The van der Waals surface area contributed by atoms with E-state index in [9.17, 15) is 18.0 Å². The van der Waals surface area contributed by atoms with E-state index in [1.165, 1.54) is 31.2 Å². The molecule has 0 saturated heterocycles. The van der Waals surface area contributed by atoms with Crippen molar-refractivity contribution in [3.63, 3.8) is 0 Å². The fraction of sp³-hybridized carbons (Fsp3) is 0.300. The number of carbonyl (C=O) groups is 2. The highest BCUT2D eigenvalue weighted by Gasteiger charge is 2.29. The summed E-state index contributed by atoms with van der Waals surface area (Å²) in [4.78, 5) is 24.1.